The Balaban J connectivity index is 2.61. The Labute approximate surface area is 108 Å². The van der Waals surface area contributed by atoms with E-state index in [0.717, 1.165) is 10.9 Å². The van der Waals surface area contributed by atoms with Crippen molar-refractivity contribution in [3.63, 3.8) is 0 Å². The van der Waals surface area contributed by atoms with E-state index < -0.39 is 5.97 Å². The molecule has 0 saturated carbocycles. The molecule has 1 aromatic carbocycles. The zero-order chi connectivity index (χ0) is 13.6. The predicted molar refractivity (Wildman–Crippen MR) is 68.7 cm³/mol. The number of methoxy groups -OCH3 is 1. The summed E-state index contributed by atoms with van der Waals surface area (Å²) in [6.07, 6.45) is 0. The van der Waals surface area contributed by atoms with Gasteiger partial charge in [-0.15, -0.1) is 10.2 Å². The third kappa shape index (κ3) is 1.53. The Morgan fingerprint density at radius 1 is 1.37 bits per heavy atom. The van der Waals surface area contributed by atoms with E-state index in [9.17, 15) is 9.90 Å². The number of aryl methyl sites for hydroxylation is 1. The highest BCUT2D eigenvalue weighted by Gasteiger charge is 2.18. The van der Waals surface area contributed by atoms with Gasteiger partial charge in [0.1, 0.15) is 5.75 Å². The number of aromatic nitrogens is 3. The number of hydrogen-bond acceptors (Lipinski definition) is 4. The molecule has 0 aliphatic heterocycles. The summed E-state index contributed by atoms with van der Waals surface area (Å²) in [5, 5.41) is 17.7. The van der Waals surface area contributed by atoms with E-state index in [1.165, 1.54) is 4.40 Å². The molecule has 0 aliphatic rings. The molecule has 0 spiro atoms. The highest BCUT2D eigenvalue weighted by atomic mass is 16.5. The summed E-state index contributed by atoms with van der Waals surface area (Å²) in [6.45, 7) is 1.94. The van der Waals surface area contributed by atoms with E-state index in [4.69, 9.17) is 4.74 Å². The fraction of sp³-hybridized carbons (Fsp3) is 0.154. The number of carboxylic acids is 1. The first-order chi connectivity index (χ1) is 9.13. The van der Waals surface area contributed by atoms with Crippen molar-refractivity contribution in [2.24, 2.45) is 0 Å². The summed E-state index contributed by atoms with van der Waals surface area (Å²) in [5.41, 5.74) is 2.15. The van der Waals surface area contributed by atoms with E-state index in [-0.39, 0.29) is 5.82 Å². The average Bonchev–Trinajstić information content (AvgIpc) is 2.82. The van der Waals surface area contributed by atoms with Crippen LogP contribution in [0.1, 0.15) is 16.2 Å². The first kappa shape index (κ1) is 11.5. The van der Waals surface area contributed by atoms with Gasteiger partial charge in [0.25, 0.3) is 0 Å². The molecule has 0 fully saturated rings. The van der Waals surface area contributed by atoms with Crippen LogP contribution >= 0.6 is 0 Å². The highest BCUT2D eigenvalue weighted by molar-refractivity contribution is 5.94. The van der Waals surface area contributed by atoms with Crippen LogP contribution < -0.4 is 4.74 Å². The van der Waals surface area contributed by atoms with Crippen molar-refractivity contribution in [3.8, 4) is 5.75 Å². The number of benzene rings is 1. The van der Waals surface area contributed by atoms with Crippen molar-refractivity contribution in [2.75, 3.05) is 7.11 Å². The normalized spacial score (nSPS) is 11.1. The van der Waals surface area contributed by atoms with Crippen LogP contribution in [0.5, 0.6) is 5.75 Å². The molecule has 2 aromatic heterocycles. The lowest BCUT2D eigenvalue weighted by molar-refractivity contribution is 0.0682. The molecule has 6 heteroatoms. The van der Waals surface area contributed by atoms with Crippen LogP contribution in [0, 0.1) is 6.92 Å². The molecule has 1 N–H and O–H groups in total. The second-order valence-corrected chi connectivity index (χ2v) is 4.21. The second-order valence-electron chi connectivity index (χ2n) is 4.21. The molecule has 3 rings (SSSR count). The van der Waals surface area contributed by atoms with Crippen molar-refractivity contribution in [3.05, 3.63) is 35.7 Å². The molecule has 0 aliphatic carbocycles. The summed E-state index contributed by atoms with van der Waals surface area (Å²) in [6, 6.07) is 7.37. The fourth-order valence-corrected chi connectivity index (χ4v) is 2.26. The Morgan fingerprint density at radius 2 is 2.16 bits per heavy atom. The summed E-state index contributed by atoms with van der Waals surface area (Å²) in [7, 11) is 1.55. The Hall–Kier alpha value is -2.63. The third-order valence-electron chi connectivity index (χ3n) is 3.09. The van der Waals surface area contributed by atoms with Crippen molar-refractivity contribution < 1.29 is 14.6 Å². The van der Waals surface area contributed by atoms with Gasteiger partial charge in [-0.05, 0) is 24.6 Å². The van der Waals surface area contributed by atoms with Gasteiger partial charge in [-0.25, -0.2) is 4.79 Å². The maximum Gasteiger partial charge on any atom is 0.374 e. The van der Waals surface area contributed by atoms with Crippen LogP contribution in [0.25, 0.3) is 16.6 Å². The van der Waals surface area contributed by atoms with Crippen molar-refractivity contribution in [1.29, 1.82) is 0 Å². The minimum absolute atomic E-state index is 0.121. The summed E-state index contributed by atoms with van der Waals surface area (Å²) < 4.78 is 6.83. The van der Waals surface area contributed by atoms with Crippen LogP contribution in [-0.4, -0.2) is 32.8 Å². The average molecular weight is 257 g/mol. The maximum atomic E-state index is 11.2. The van der Waals surface area contributed by atoms with Crippen LogP contribution in [-0.2, 0) is 0 Å². The SMILES string of the molecule is COc1cccc2c(C)cc3nnc(C(=O)O)n3c12. The quantitative estimate of drug-likeness (QED) is 0.758. The highest BCUT2D eigenvalue weighted by Crippen LogP contribution is 2.29. The first-order valence-electron chi connectivity index (χ1n) is 5.68. The molecule has 0 bridgehead atoms. The minimum Gasteiger partial charge on any atom is -0.495 e. The van der Waals surface area contributed by atoms with Crippen molar-refractivity contribution in [2.45, 2.75) is 6.92 Å². The van der Waals surface area contributed by atoms with E-state index in [0.29, 0.717) is 16.9 Å². The monoisotopic (exact) mass is 257 g/mol. The first-order valence-corrected chi connectivity index (χ1v) is 5.68. The molecule has 0 radical (unpaired) electrons. The third-order valence-corrected chi connectivity index (χ3v) is 3.09. The number of ether oxygens (including phenoxy) is 1. The lowest BCUT2D eigenvalue weighted by Crippen LogP contribution is -2.05. The maximum absolute atomic E-state index is 11.2. The number of rotatable bonds is 2. The topological polar surface area (TPSA) is 76.7 Å². The molecule has 6 nitrogen and oxygen atoms in total. The van der Waals surface area contributed by atoms with Gasteiger partial charge in [0.2, 0.25) is 5.82 Å². The smallest absolute Gasteiger partial charge is 0.374 e. The minimum atomic E-state index is -1.12. The number of pyridine rings is 1. The van der Waals surface area contributed by atoms with Gasteiger partial charge in [-0.3, -0.25) is 4.40 Å². The van der Waals surface area contributed by atoms with Crippen LogP contribution in [0.2, 0.25) is 0 Å². The van der Waals surface area contributed by atoms with E-state index in [1.807, 2.05) is 19.1 Å². The Morgan fingerprint density at radius 3 is 2.84 bits per heavy atom. The molecule has 0 unspecified atom stereocenters. The second kappa shape index (κ2) is 3.94. The summed E-state index contributed by atoms with van der Waals surface area (Å²) in [5.74, 6) is -0.651. The molecule has 0 atom stereocenters. The fourth-order valence-electron chi connectivity index (χ4n) is 2.26. The zero-order valence-corrected chi connectivity index (χ0v) is 10.4. The molecular formula is C13H11N3O3. The molecule has 0 saturated heterocycles. The van der Waals surface area contributed by atoms with Gasteiger partial charge in [-0.2, -0.15) is 0 Å². The number of aromatic carboxylic acids is 1. The van der Waals surface area contributed by atoms with Gasteiger partial charge in [0.05, 0.1) is 12.6 Å². The molecule has 0 amide bonds. The number of para-hydroxylation sites is 1. The van der Waals surface area contributed by atoms with Crippen molar-refractivity contribution >= 4 is 22.5 Å². The molecule has 3 aromatic rings. The van der Waals surface area contributed by atoms with Gasteiger partial charge in [-0.1, -0.05) is 12.1 Å². The van der Waals surface area contributed by atoms with Gasteiger partial charge >= 0.3 is 5.97 Å². The lowest BCUT2D eigenvalue weighted by atomic mass is 10.1. The van der Waals surface area contributed by atoms with Gasteiger partial charge in [0, 0.05) is 5.39 Å². The van der Waals surface area contributed by atoms with Crippen molar-refractivity contribution in [1.82, 2.24) is 14.6 Å². The van der Waals surface area contributed by atoms with Gasteiger partial charge in [0.15, 0.2) is 5.65 Å². The van der Waals surface area contributed by atoms with Crippen LogP contribution in [0.15, 0.2) is 24.3 Å². The molecule has 96 valence electrons. The Bertz CT molecular complexity index is 808. The van der Waals surface area contributed by atoms with E-state index in [1.54, 1.807) is 19.2 Å². The summed E-state index contributed by atoms with van der Waals surface area (Å²) in [4.78, 5) is 11.2. The summed E-state index contributed by atoms with van der Waals surface area (Å²) >= 11 is 0. The molecular weight excluding hydrogens is 246 g/mol. The molecule has 2 heterocycles. The number of carboxylic acid groups (broad SMARTS) is 1. The van der Waals surface area contributed by atoms with Crippen LogP contribution in [0.4, 0.5) is 0 Å². The predicted octanol–water partition coefficient (Wildman–Crippen LogP) is 1.90. The van der Waals surface area contributed by atoms with E-state index >= 15 is 0 Å². The lowest BCUT2D eigenvalue weighted by Gasteiger charge is -2.10. The number of hydrogen-bond donors (Lipinski definition) is 1. The molecule has 19 heavy (non-hydrogen) atoms. The van der Waals surface area contributed by atoms with Crippen LogP contribution in [0.3, 0.4) is 0 Å². The Kier molecular flexibility index (Phi) is 2.38. The largest absolute Gasteiger partial charge is 0.495 e. The standard InChI is InChI=1S/C13H11N3O3/c1-7-6-10-14-15-12(13(17)18)16(10)11-8(7)4-3-5-9(11)19-2/h3-6H,1-2H3,(H,17,18). The van der Waals surface area contributed by atoms with Gasteiger partial charge < -0.3 is 9.84 Å². The zero-order valence-electron chi connectivity index (χ0n) is 10.4. The number of fused-ring (bicyclic) bond motifs is 3. The number of nitrogens with zero attached hydrogens (tertiary/aromatic N) is 3. The van der Waals surface area contributed by atoms with E-state index in [2.05, 4.69) is 10.2 Å². The number of carbonyl (C=O) groups is 1.